The Labute approximate surface area is 176 Å². The van der Waals surface area contributed by atoms with E-state index in [1.54, 1.807) is 49.6 Å². The van der Waals surface area contributed by atoms with Crippen LogP contribution in [-0.4, -0.2) is 59.2 Å². The largest absolute Gasteiger partial charge is 0.493 e. The van der Waals surface area contributed by atoms with Gasteiger partial charge in [-0.15, -0.1) is 0 Å². The third-order valence-corrected chi connectivity index (χ3v) is 6.75. The zero-order valence-electron chi connectivity index (χ0n) is 17.1. The second kappa shape index (κ2) is 9.92. The molecule has 1 N–H and O–H groups in total. The second-order valence-corrected chi connectivity index (χ2v) is 8.72. The fourth-order valence-electron chi connectivity index (χ4n) is 3.16. The lowest BCUT2D eigenvalue weighted by molar-refractivity contribution is -0.116. The molecule has 1 aliphatic heterocycles. The van der Waals surface area contributed by atoms with Crippen LogP contribution in [0.2, 0.25) is 0 Å². The predicted octanol–water partition coefficient (Wildman–Crippen LogP) is 2.30. The number of nitrogens with one attached hydrogen (secondary N) is 1. The first-order valence-electron chi connectivity index (χ1n) is 9.63. The molecule has 0 saturated carbocycles. The van der Waals surface area contributed by atoms with Crippen LogP contribution in [-0.2, 0) is 26.0 Å². The lowest BCUT2D eigenvalue weighted by Crippen LogP contribution is -2.40. The zero-order chi connectivity index (χ0) is 21.6. The van der Waals surface area contributed by atoms with Crippen molar-refractivity contribution in [3.63, 3.8) is 0 Å². The topological polar surface area (TPSA) is 94.2 Å². The molecule has 9 heteroatoms. The number of methoxy groups -OCH3 is 2. The number of carbonyl (C=O) groups is 1. The number of carbonyl (C=O) groups excluding carboxylic acids is 1. The highest BCUT2D eigenvalue weighted by atomic mass is 32.2. The van der Waals surface area contributed by atoms with Gasteiger partial charge in [0, 0.05) is 31.3 Å². The van der Waals surface area contributed by atoms with Crippen LogP contribution in [0.1, 0.15) is 12.0 Å². The second-order valence-electron chi connectivity index (χ2n) is 6.78. The smallest absolute Gasteiger partial charge is 0.243 e. The van der Waals surface area contributed by atoms with Gasteiger partial charge in [-0.05, 0) is 36.2 Å². The summed E-state index contributed by atoms with van der Waals surface area (Å²) >= 11 is 0. The minimum Gasteiger partial charge on any atom is -0.493 e. The first kappa shape index (κ1) is 22.1. The Kier molecular flexibility index (Phi) is 7.30. The van der Waals surface area contributed by atoms with E-state index in [-0.39, 0.29) is 17.2 Å². The standard InChI is InChI=1S/C21H26N2O6S/c1-27-19-9-6-17(15-20(19)28-2)22-21(24)10-5-16-3-7-18(8-4-16)30(25,26)23-11-13-29-14-12-23/h3-4,6-9,15H,5,10-14H2,1-2H3,(H,22,24). The molecule has 30 heavy (non-hydrogen) atoms. The van der Waals surface area contributed by atoms with Crippen molar-refractivity contribution < 1.29 is 27.4 Å². The molecular weight excluding hydrogens is 408 g/mol. The predicted molar refractivity (Wildman–Crippen MR) is 113 cm³/mol. The van der Waals surface area contributed by atoms with Gasteiger partial charge in [0.2, 0.25) is 15.9 Å². The number of hydrogen-bond acceptors (Lipinski definition) is 6. The van der Waals surface area contributed by atoms with E-state index >= 15 is 0 Å². The summed E-state index contributed by atoms with van der Waals surface area (Å²) < 4.78 is 42.4. The van der Waals surface area contributed by atoms with Crippen LogP contribution in [0.25, 0.3) is 0 Å². The summed E-state index contributed by atoms with van der Waals surface area (Å²) in [4.78, 5) is 12.5. The normalized spacial score (nSPS) is 14.9. The van der Waals surface area contributed by atoms with Crippen molar-refractivity contribution in [3.8, 4) is 11.5 Å². The van der Waals surface area contributed by atoms with E-state index in [9.17, 15) is 13.2 Å². The fourth-order valence-corrected chi connectivity index (χ4v) is 4.57. The third-order valence-electron chi connectivity index (χ3n) is 4.84. The van der Waals surface area contributed by atoms with Crippen LogP contribution < -0.4 is 14.8 Å². The average Bonchev–Trinajstić information content (AvgIpc) is 2.78. The molecule has 8 nitrogen and oxygen atoms in total. The molecule has 2 aromatic rings. The molecule has 0 unspecified atom stereocenters. The van der Waals surface area contributed by atoms with Gasteiger partial charge in [0.1, 0.15) is 0 Å². The van der Waals surface area contributed by atoms with E-state index in [4.69, 9.17) is 14.2 Å². The van der Waals surface area contributed by atoms with E-state index in [0.29, 0.717) is 49.9 Å². The molecule has 1 fully saturated rings. The summed E-state index contributed by atoms with van der Waals surface area (Å²) in [5.74, 6) is 0.974. The van der Waals surface area contributed by atoms with Gasteiger partial charge in [0.15, 0.2) is 11.5 Å². The molecule has 1 saturated heterocycles. The molecule has 1 heterocycles. The number of rotatable bonds is 8. The molecule has 2 aromatic carbocycles. The summed E-state index contributed by atoms with van der Waals surface area (Å²) in [5, 5.41) is 2.83. The molecule has 0 aliphatic carbocycles. The highest BCUT2D eigenvalue weighted by Crippen LogP contribution is 2.29. The first-order chi connectivity index (χ1) is 14.4. The van der Waals surface area contributed by atoms with E-state index in [2.05, 4.69) is 5.32 Å². The van der Waals surface area contributed by atoms with Gasteiger partial charge in [-0.25, -0.2) is 8.42 Å². The maximum atomic E-state index is 12.7. The maximum Gasteiger partial charge on any atom is 0.243 e. The quantitative estimate of drug-likeness (QED) is 0.685. The molecule has 0 aromatic heterocycles. The molecule has 1 amide bonds. The number of aryl methyl sites for hydroxylation is 1. The van der Waals surface area contributed by atoms with E-state index in [0.717, 1.165) is 5.56 Å². The molecule has 0 atom stereocenters. The highest BCUT2D eigenvalue weighted by molar-refractivity contribution is 7.89. The minimum absolute atomic E-state index is 0.146. The van der Waals surface area contributed by atoms with Crippen molar-refractivity contribution in [1.82, 2.24) is 4.31 Å². The molecule has 162 valence electrons. The summed E-state index contributed by atoms with van der Waals surface area (Å²) in [6, 6.07) is 11.8. The van der Waals surface area contributed by atoms with Crippen molar-refractivity contribution in [2.45, 2.75) is 17.7 Å². The van der Waals surface area contributed by atoms with Crippen molar-refractivity contribution in [2.24, 2.45) is 0 Å². The van der Waals surface area contributed by atoms with Crippen LogP contribution in [0.5, 0.6) is 11.5 Å². The Bertz CT molecular complexity index is 969. The summed E-state index contributed by atoms with van der Waals surface area (Å²) in [7, 11) is -0.428. The number of morpholine rings is 1. The molecule has 0 radical (unpaired) electrons. The lowest BCUT2D eigenvalue weighted by atomic mass is 10.1. The van der Waals surface area contributed by atoms with Gasteiger partial charge in [-0.2, -0.15) is 4.31 Å². The molecule has 0 bridgehead atoms. The fraction of sp³-hybridized carbons (Fsp3) is 0.381. The average molecular weight is 435 g/mol. The van der Waals surface area contributed by atoms with Crippen LogP contribution in [0.3, 0.4) is 0 Å². The number of sulfonamides is 1. The van der Waals surface area contributed by atoms with Gasteiger partial charge < -0.3 is 19.5 Å². The molecule has 1 aliphatic rings. The van der Waals surface area contributed by atoms with E-state index in [1.165, 1.54) is 11.4 Å². The number of anilines is 1. The van der Waals surface area contributed by atoms with Crippen LogP contribution >= 0.6 is 0 Å². The van der Waals surface area contributed by atoms with Gasteiger partial charge >= 0.3 is 0 Å². The number of hydrogen-bond donors (Lipinski definition) is 1. The van der Waals surface area contributed by atoms with Crippen molar-refractivity contribution in [1.29, 1.82) is 0 Å². The van der Waals surface area contributed by atoms with Crippen LogP contribution in [0.4, 0.5) is 5.69 Å². The van der Waals surface area contributed by atoms with Gasteiger partial charge in [-0.3, -0.25) is 4.79 Å². The van der Waals surface area contributed by atoms with Crippen molar-refractivity contribution in [3.05, 3.63) is 48.0 Å². The monoisotopic (exact) mass is 434 g/mol. The number of nitrogens with zero attached hydrogens (tertiary/aromatic N) is 1. The lowest BCUT2D eigenvalue weighted by Gasteiger charge is -2.26. The zero-order valence-corrected chi connectivity index (χ0v) is 17.9. The third kappa shape index (κ3) is 5.29. The number of amides is 1. The van der Waals surface area contributed by atoms with Crippen molar-refractivity contribution >= 4 is 21.6 Å². The Morgan fingerprint density at radius 3 is 2.33 bits per heavy atom. The van der Waals surface area contributed by atoms with E-state index in [1.807, 2.05) is 0 Å². The van der Waals surface area contributed by atoms with Crippen LogP contribution in [0.15, 0.2) is 47.4 Å². The van der Waals surface area contributed by atoms with Gasteiger partial charge in [-0.1, -0.05) is 12.1 Å². The Hall–Kier alpha value is -2.62. The van der Waals surface area contributed by atoms with Crippen LogP contribution in [0, 0.1) is 0 Å². The van der Waals surface area contributed by atoms with E-state index < -0.39 is 10.0 Å². The summed E-state index contributed by atoms with van der Waals surface area (Å²) in [6.45, 7) is 1.54. The highest BCUT2D eigenvalue weighted by Gasteiger charge is 2.26. The first-order valence-corrected chi connectivity index (χ1v) is 11.1. The minimum atomic E-state index is -3.51. The Balaban J connectivity index is 1.56. The maximum absolute atomic E-state index is 12.7. The molecule has 3 rings (SSSR count). The summed E-state index contributed by atoms with van der Waals surface area (Å²) in [6.07, 6.45) is 0.765. The molecular formula is C21H26N2O6S. The number of benzene rings is 2. The molecule has 0 spiro atoms. The summed E-state index contributed by atoms with van der Waals surface area (Å²) in [5.41, 5.74) is 1.50. The van der Waals surface area contributed by atoms with Gasteiger partial charge in [0.25, 0.3) is 0 Å². The number of ether oxygens (including phenoxy) is 3. The van der Waals surface area contributed by atoms with Crippen molar-refractivity contribution in [2.75, 3.05) is 45.8 Å². The SMILES string of the molecule is COc1ccc(NC(=O)CCc2ccc(S(=O)(=O)N3CCOCC3)cc2)cc1OC. The Morgan fingerprint density at radius 2 is 1.70 bits per heavy atom. The Morgan fingerprint density at radius 1 is 1.03 bits per heavy atom. The van der Waals surface area contributed by atoms with Gasteiger partial charge in [0.05, 0.1) is 32.3 Å².